The van der Waals surface area contributed by atoms with Crippen LogP contribution in [-0.2, 0) is 11.4 Å². The third-order valence-electron chi connectivity index (χ3n) is 3.52. The van der Waals surface area contributed by atoms with Crippen molar-refractivity contribution >= 4 is 46.0 Å². The number of ether oxygens (including phenoxy) is 1. The average molecular weight is 387 g/mol. The molecule has 7 heteroatoms. The molecule has 1 aromatic heterocycles. The Morgan fingerprint density at radius 1 is 1.27 bits per heavy atom. The normalized spacial score (nSPS) is 10.4. The summed E-state index contributed by atoms with van der Waals surface area (Å²) < 4.78 is 5.67. The van der Waals surface area contributed by atoms with E-state index in [9.17, 15) is 9.59 Å². The number of benzene rings is 2. The van der Waals surface area contributed by atoms with E-state index in [1.807, 2.05) is 5.38 Å². The van der Waals surface area contributed by atoms with Gasteiger partial charge in [-0.05, 0) is 42.5 Å². The van der Waals surface area contributed by atoms with E-state index in [4.69, 9.17) is 16.3 Å². The third-order valence-corrected chi connectivity index (χ3v) is 4.62. The van der Waals surface area contributed by atoms with Crippen LogP contribution in [0.5, 0.6) is 5.75 Å². The number of nitrogens with zero attached hydrogens (tertiary/aromatic N) is 2. The first-order valence-corrected chi connectivity index (χ1v) is 9.01. The second-order valence-corrected chi connectivity index (χ2v) is 6.70. The second kappa shape index (κ2) is 8.12. The standard InChI is InChI=1S/C19H15ClN2O3S/c1-13(24)22(17-4-2-3-15(20)9-17)19-21-16(12-26-19)11-25-18-7-5-14(10-23)6-8-18/h2-10,12H,11H2,1H3. The lowest BCUT2D eigenvalue weighted by molar-refractivity contribution is -0.115. The van der Waals surface area contributed by atoms with E-state index in [-0.39, 0.29) is 12.5 Å². The van der Waals surface area contributed by atoms with Gasteiger partial charge in [0.25, 0.3) is 0 Å². The van der Waals surface area contributed by atoms with Crippen molar-refractivity contribution in [3.05, 3.63) is 70.2 Å². The first-order chi connectivity index (χ1) is 12.6. The Bertz CT molecular complexity index is 925. The number of carbonyl (C=O) groups is 2. The minimum atomic E-state index is -0.154. The summed E-state index contributed by atoms with van der Waals surface area (Å²) in [6.45, 7) is 1.74. The summed E-state index contributed by atoms with van der Waals surface area (Å²) in [5, 5.41) is 2.94. The Hall–Kier alpha value is -2.70. The molecule has 0 bridgehead atoms. The number of anilines is 2. The lowest BCUT2D eigenvalue weighted by Gasteiger charge is -2.18. The van der Waals surface area contributed by atoms with Crippen LogP contribution in [0.3, 0.4) is 0 Å². The summed E-state index contributed by atoms with van der Waals surface area (Å²) in [6, 6.07) is 13.9. The fourth-order valence-electron chi connectivity index (χ4n) is 2.31. The van der Waals surface area contributed by atoms with Crippen molar-refractivity contribution in [2.45, 2.75) is 13.5 Å². The van der Waals surface area contributed by atoms with Gasteiger partial charge in [0.2, 0.25) is 5.91 Å². The molecule has 0 unspecified atom stereocenters. The topological polar surface area (TPSA) is 59.5 Å². The lowest BCUT2D eigenvalue weighted by Crippen LogP contribution is -2.22. The molecule has 5 nitrogen and oxygen atoms in total. The summed E-state index contributed by atoms with van der Waals surface area (Å²) in [5.41, 5.74) is 1.96. The highest BCUT2D eigenvalue weighted by atomic mass is 35.5. The number of rotatable bonds is 6. The van der Waals surface area contributed by atoms with Crippen molar-refractivity contribution in [1.29, 1.82) is 0 Å². The molecule has 0 aliphatic carbocycles. The Morgan fingerprint density at radius 3 is 2.69 bits per heavy atom. The van der Waals surface area contributed by atoms with Crippen LogP contribution in [0.25, 0.3) is 0 Å². The molecule has 3 aromatic rings. The summed E-state index contributed by atoms with van der Waals surface area (Å²) in [5.74, 6) is 0.488. The van der Waals surface area contributed by atoms with Crippen LogP contribution >= 0.6 is 22.9 Å². The Labute approximate surface area is 159 Å². The monoisotopic (exact) mass is 386 g/mol. The van der Waals surface area contributed by atoms with Crippen LogP contribution in [0.2, 0.25) is 5.02 Å². The second-order valence-electron chi connectivity index (χ2n) is 5.43. The van der Waals surface area contributed by atoms with Gasteiger partial charge in [0.05, 0.1) is 11.4 Å². The highest BCUT2D eigenvalue weighted by Gasteiger charge is 2.18. The minimum Gasteiger partial charge on any atom is -0.487 e. The van der Waals surface area contributed by atoms with Gasteiger partial charge in [-0.25, -0.2) is 4.98 Å². The Kier molecular flexibility index (Phi) is 5.65. The molecule has 0 radical (unpaired) electrons. The van der Waals surface area contributed by atoms with E-state index in [1.54, 1.807) is 48.5 Å². The molecule has 132 valence electrons. The highest BCUT2D eigenvalue weighted by Crippen LogP contribution is 2.30. The quantitative estimate of drug-likeness (QED) is 0.567. The molecule has 2 aromatic carbocycles. The molecule has 0 N–H and O–H groups in total. The van der Waals surface area contributed by atoms with Gasteiger partial charge >= 0.3 is 0 Å². The molecule has 0 aliphatic heterocycles. The van der Waals surface area contributed by atoms with Crippen molar-refractivity contribution < 1.29 is 14.3 Å². The van der Waals surface area contributed by atoms with Crippen LogP contribution < -0.4 is 9.64 Å². The summed E-state index contributed by atoms with van der Waals surface area (Å²) >= 11 is 7.38. The van der Waals surface area contributed by atoms with Gasteiger partial charge in [0.15, 0.2) is 5.13 Å². The van der Waals surface area contributed by atoms with E-state index in [2.05, 4.69) is 4.98 Å². The molecule has 3 rings (SSSR count). The van der Waals surface area contributed by atoms with Crippen LogP contribution in [0.4, 0.5) is 10.8 Å². The molecular formula is C19H15ClN2O3S. The molecule has 0 saturated heterocycles. The van der Waals surface area contributed by atoms with E-state index in [0.29, 0.717) is 32.8 Å². The maximum absolute atomic E-state index is 12.1. The number of aldehydes is 1. The van der Waals surface area contributed by atoms with Crippen molar-refractivity contribution in [3.63, 3.8) is 0 Å². The first-order valence-electron chi connectivity index (χ1n) is 7.75. The zero-order valence-electron chi connectivity index (χ0n) is 13.9. The SMILES string of the molecule is CC(=O)N(c1cccc(Cl)c1)c1nc(COc2ccc(C=O)cc2)cs1. The average Bonchev–Trinajstić information content (AvgIpc) is 3.09. The van der Waals surface area contributed by atoms with Gasteiger partial charge < -0.3 is 4.74 Å². The maximum Gasteiger partial charge on any atom is 0.230 e. The smallest absolute Gasteiger partial charge is 0.230 e. The van der Waals surface area contributed by atoms with Crippen molar-refractivity contribution in [1.82, 2.24) is 4.98 Å². The summed E-state index contributed by atoms with van der Waals surface area (Å²) in [4.78, 5) is 28.8. The van der Waals surface area contributed by atoms with Gasteiger partial charge in [0, 0.05) is 22.9 Å². The van der Waals surface area contributed by atoms with Crippen molar-refractivity contribution in [3.8, 4) is 5.75 Å². The molecule has 1 amide bonds. The summed E-state index contributed by atoms with van der Waals surface area (Å²) in [6.07, 6.45) is 0.780. The van der Waals surface area contributed by atoms with E-state index < -0.39 is 0 Å². The Balaban J connectivity index is 1.74. The van der Waals surface area contributed by atoms with Crippen LogP contribution in [0.1, 0.15) is 23.0 Å². The zero-order chi connectivity index (χ0) is 18.5. The van der Waals surface area contributed by atoms with E-state index in [1.165, 1.54) is 23.2 Å². The lowest BCUT2D eigenvalue weighted by atomic mass is 10.2. The molecule has 0 aliphatic rings. The highest BCUT2D eigenvalue weighted by molar-refractivity contribution is 7.14. The van der Waals surface area contributed by atoms with Crippen molar-refractivity contribution in [2.24, 2.45) is 0 Å². The molecule has 26 heavy (non-hydrogen) atoms. The first kappa shape index (κ1) is 18.1. The van der Waals surface area contributed by atoms with Gasteiger partial charge in [-0.1, -0.05) is 17.7 Å². The molecule has 0 saturated carbocycles. The molecule has 1 heterocycles. The number of aromatic nitrogens is 1. The van der Waals surface area contributed by atoms with Crippen LogP contribution in [0.15, 0.2) is 53.9 Å². The fraction of sp³-hybridized carbons (Fsp3) is 0.105. The van der Waals surface area contributed by atoms with Crippen LogP contribution in [0, 0.1) is 0 Å². The predicted octanol–water partition coefficient (Wildman–Crippen LogP) is 4.87. The largest absolute Gasteiger partial charge is 0.487 e. The van der Waals surface area contributed by atoms with E-state index >= 15 is 0 Å². The number of carbonyl (C=O) groups excluding carboxylic acids is 2. The molecular weight excluding hydrogens is 372 g/mol. The minimum absolute atomic E-state index is 0.154. The number of halogens is 1. The van der Waals surface area contributed by atoms with Gasteiger partial charge in [-0.15, -0.1) is 11.3 Å². The zero-order valence-corrected chi connectivity index (χ0v) is 15.5. The number of hydrogen-bond acceptors (Lipinski definition) is 5. The predicted molar refractivity (Wildman–Crippen MR) is 103 cm³/mol. The van der Waals surface area contributed by atoms with Gasteiger partial charge in [0.1, 0.15) is 18.6 Å². The number of thiazole rings is 1. The van der Waals surface area contributed by atoms with E-state index in [0.717, 1.165) is 6.29 Å². The number of hydrogen-bond donors (Lipinski definition) is 0. The number of amides is 1. The fourth-order valence-corrected chi connectivity index (χ4v) is 3.36. The summed E-state index contributed by atoms with van der Waals surface area (Å²) in [7, 11) is 0. The van der Waals surface area contributed by atoms with Gasteiger partial charge in [-0.2, -0.15) is 0 Å². The Morgan fingerprint density at radius 2 is 2.04 bits per heavy atom. The van der Waals surface area contributed by atoms with Crippen molar-refractivity contribution in [2.75, 3.05) is 4.90 Å². The molecule has 0 fully saturated rings. The maximum atomic E-state index is 12.1. The third kappa shape index (κ3) is 4.28. The molecule has 0 spiro atoms. The van der Waals surface area contributed by atoms with Gasteiger partial charge in [-0.3, -0.25) is 14.5 Å². The molecule has 0 atom stereocenters. The van der Waals surface area contributed by atoms with Crippen LogP contribution in [-0.4, -0.2) is 17.2 Å².